The number of nitrogens with one attached hydrogen (secondary N) is 1. The van der Waals surface area contributed by atoms with E-state index in [1.165, 1.54) is 6.08 Å². The van der Waals surface area contributed by atoms with Crippen LogP contribution in [0.5, 0.6) is 11.5 Å². The van der Waals surface area contributed by atoms with Gasteiger partial charge in [0, 0.05) is 18.3 Å². The zero-order valence-electron chi connectivity index (χ0n) is 18.8. The molecule has 6 nitrogen and oxygen atoms in total. The number of hydrogen-bond acceptors (Lipinski definition) is 4. The Morgan fingerprint density at radius 1 is 1.00 bits per heavy atom. The lowest BCUT2D eigenvalue weighted by molar-refractivity contribution is -0.130. The minimum atomic E-state index is -0.218. The Bertz CT molecular complexity index is 908. The van der Waals surface area contributed by atoms with Crippen LogP contribution in [0.25, 0.3) is 6.08 Å². The number of carbonyl (C=O) groups excluding carboxylic acids is 2. The monoisotopic (exact) mass is 424 g/mol. The molecule has 0 saturated heterocycles. The highest BCUT2D eigenvalue weighted by molar-refractivity contribution is 5.98. The molecule has 0 saturated carbocycles. The van der Waals surface area contributed by atoms with Crippen LogP contribution in [-0.2, 0) is 9.59 Å². The zero-order valence-corrected chi connectivity index (χ0v) is 18.8. The number of carbonyl (C=O) groups is 2. The second kappa shape index (κ2) is 12.4. The third-order valence-electron chi connectivity index (χ3n) is 4.54. The first-order valence-electron chi connectivity index (χ1n) is 10.7. The van der Waals surface area contributed by atoms with Gasteiger partial charge in [0.05, 0.1) is 13.2 Å². The van der Waals surface area contributed by atoms with Crippen LogP contribution in [0.1, 0.15) is 38.3 Å². The molecule has 1 N–H and O–H groups in total. The second-order valence-electron chi connectivity index (χ2n) is 7.03. The van der Waals surface area contributed by atoms with Gasteiger partial charge in [-0.05, 0) is 62.6 Å². The summed E-state index contributed by atoms with van der Waals surface area (Å²) in [6, 6.07) is 13.1. The highest BCUT2D eigenvalue weighted by Gasteiger charge is 2.15. The van der Waals surface area contributed by atoms with Gasteiger partial charge >= 0.3 is 0 Å². The average Bonchev–Trinajstić information content (AvgIpc) is 2.75. The quantitative estimate of drug-likeness (QED) is 0.532. The molecule has 2 aromatic rings. The molecule has 0 bridgehead atoms. The van der Waals surface area contributed by atoms with Crippen molar-refractivity contribution in [3.05, 3.63) is 59.7 Å². The Balaban J connectivity index is 2.07. The van der Waals surface area contributed by atoms with E-state index >= 15 is 0 Å². The third kappa shape index (κ3) is 7.48. The average molecular weight is 425 g/mol. The van der Waals surface area contributed by atoms with Gasteiger partial charge in [0.2, 0.25) is 11.8 Å². The van der Waals surface area contributed by atoms with E-state index < -0.39 is 0 Å². The summed E-state index contributed by atoms with van der Waals surface area (Å²) >= 11 is 0. The van der Waals surface area contributed by atoms with Gasteiger partial charge in [0.1, 0.15) is 6.54 Å². The van der Waals surface area contributed by atoms with Crippen molar-refractivity contribution in [3.8, 4) is 11.5 Å². The van der Waals surface area contributed by atoms with Crippen molar-refractivity contribution in [2.24, 2.45) is 0 Å². The topological polar surface area (TPSA) is 67.9 Å². The number of nitrogens with zero attached hydrogens (tertiary/aromatic N) is 1. The van der Waals surface area contributed by atoms with E-state index in [1.807, 2.05) is 70.2 Å². The van der Waals surface area contributed by atoms with E-state index in [-0.39, 0.29) is 18.4 Å². The highest BCUT2D eigenvalue weighted by Crippen LogP contribution is 2.29. The maximum atomic E-state index is 12.7. The predicted molar refractivity (Wildman–Crippen MR) is 124 cm³/mol. The van der Waals surface area contributed by atoms with Gasteiger partial charge in [-0.1, -0.05) is 31.2 Å². The zero-order chi connectivity index (χ0) is 22.6. The summed E-state index contributed by atoms with van der Waals surface area (Å²) < 4.78 is 11.2. The summed E-state index contributed by atoms with van der Waals surface area (Å²) in [7, 11) is 0. The van der Waals surface area contributed by atoms with Crippen LogP contribution >= 0.6 is 0 Å². The minimum Gasteiger partial charge on any atom is -0.490 e. The Morgan fingerprint density at radius 3 is 2.39 bits per heavy atom. The van der Waals surface area contributed by atoms with Crippen molar-refractivity contribution in [1.29, 1.82) is 0 Å². The number of ether oxygens (including phenoxy) is 2. The molecule has 0 aromatic heterocycles. The first-order chi connectivity index (χ1) is 15.0. The number of aryl methyl sites for hydroxylation is 1. The highest BCUT2D eigenvalue weighted by atomic mass is 16.5. The Kier molecular flexibility index (Phi) is 9.62. The van der Waals surface area contributed by atoms with E-state index in [2.05, 4.69) is 5.32 Å². The fourth-order valence-electron chi connectivity index (χ4n) is 3.06. The molecule has 0 radical (unpaired) electrons. The summed E-state index contributed by atoms with van der Waals surface area (Å²) in [5, 5.41) is 2.88. The first-order valence-corrected chi connectivity index (χ1v) is 10.7. The van der Waals surface area contributed by atoms with Crippen molar-refractivity contribution in [2.75, 3.05) is 31.6 Å². The van der Waals surface area contributed by atoms with Crippen LogP contribution in [0.15, 0.2) is 48.5 Å². The molecule has 2 amide bonds. The lowest BCUT2D eigenvalue weighted by Gasteiger charge is -2.20. The molecule has 0 spiro atoms. The number of hydrogen-bond donors (Lipinski definition) is 1. The fourth-order valence-corrected chi connectivity index (χ4v) is 3.06. The Morgan fingerprint density at radius 2 is 1.71 bits per heavy atom. The van der Waals surface area contributed by atoms with Crippen LogP contribution in [0.2, 0.25) is 0 Å². The number of rotatable bonds is 11. The molecule has 31 heavy (non-hydrogen) atoms. The predicted octanol–water partition coefficient (Wildman–Crippen LogP) is 4.68. The van der Waals surface area contributed by atoms with Crippen LogP contribution in [0.3, 0.4) is 0 Å². The van der Waals surface area contributed by atoms with E-state index in [1.54, 1.807) is 11.0 Å². The van der Waals surface area contributed by atoms with Crippen LogP contribution in [0.4, 0.5) is 5.69 Å². The van der Waals surface area contributed by atoms with Gasteiger partial charge < -0.3 is 19.7 Å². The number of amides is 2. The van der Waals surface area contributed by atoms with Gasteiger partial charge in [0.25, 0.3) is 0 Å². The van der Waals surface area contributed by atoms with E-state index in [4.69, 9.17) is 9.47 Å². The molecule has 0 unspecified atom stereocenters. The summed E-state index contributed by atoms with van der Waals surface area (Å²) in [5.41, 5.74) is 2.55. The van der Waals surface area contributed by atoms with Gasteiger partial charge in [-0.15, -0.1) is 0 Å². The number of anilines is 1. The molecule has 0 heterocycles. The molecule has 0 aliphatic heterocycles. The summed E-state index contributed by atoms with van der Waals surface area (Å²) in [5.74, 6) is 0.883. The summed E-state index contributed by atoms with van der Waals surface area (Å²) in [4.78, 5) is 26.8. The Hall–Kier alpha value is -3.28. The molecule has 0 atom stereocenters. The minimum absolute atomic E-state index is 0.00117. The molecular formula is C25H32N2O4. The molecule has 2 aromatic carbocycles. The van der Waals surface area contributed by atoms with Crippen molar-refractivity contribution in [1.82, 2.24) is 4.90 Å². The first kappa shape index (κ1) is 24.0. The molecule has 0 aliphatic rings. The Labute approximate surface area is 184 Å². The normalized spacial score (nSPS) is 10.7. The lowest BCUT2D eigenvalue weighted by atomic mass is 10.2. The second-order valence-corrected chi connectivity index (χ2v) is 7.03. The molecular weight excluding hydrogens is 392 g/mol. The van der Waals surface area contributed by atoms with E-state index in [0.717, 1.165) is 23.2 Å². The lowest BCUT2D eigenvalue weighted by Crippen LogP contribution is -2.37. The SMILES string of the molecule is CCCN(CC(=O)Nc1ccccc1C)C(=O)/C=C/c1ccc(OCC)c(OCC)c1. The smallest absolute Gasteiger partial charge is 0.247 e. The summed E-state index contributed by atoms with van der Waals surface area (Å²) in [6.45, 7) is 9.30. The van der Waals surface area contributed by atoms with Crippen molar-refractivity contribution >= 4 is 23.6 Å². The largest absolute Gasteiger partial charge is 0.490 e. The van der Waals surface area contributed by atoms with Gasteiger partial charge in [0.15, 0.2) is 11.5 Å². The van der Waals surface area contributed by atoms with Gasteiger partial charge in [-0.25, -0.2) is 0 Å². The third-order valence-corrected chi connectivity index (χ3v) is 4.54. The van der Waals surface area contributed by atoms with E-state index in [9.17, 15) is 9.59 Å². The number of para-hydroxylation sites is 1. The van der Waals surface area contributed by atoms with Crippen molar-refractivity contribution in [3.63, 3.8) is 0 Å². The molecule has 166 valence electrons. The van der Waals surface area contributed by atoms with Gasteiger partial charge in [-0.2, -0.15) is 0 Å². The maximum absolute atomic E-state index is 12.7. The standard InChI is InChI=1S/C25H32N2O4/c1-5-16-27(18-24(28)26-21-11-9-8-10-19(21)4)25(29)15-13-20-12-14-22(30-6-2)23(17-20)31-7-3/h8-15,17H,5-7,16,18H2,1-4H3,(H,26,28)/b15-13+. The molecule has 6 heteroatoms. The van der Waals surface area contributed by atoms with Crippen LogP contribution in [-0.4, -0.2) is 43.0 Å². The van der Waals surface area contributed by atoms with Crippen LogP contribution < -0.4 is 14.8 Å². The maximum Gasteiger partial charge on any atom is 0.247 e. The number of benzene rings is 2. The molecule has 0 aliphatic carbocycles. The van der Waals surface area contributed by atoms with Crippen molar-refractivity contribution < 1.29 is 19.1 Å². The van der Waals surface area contributed by atoms with Crippen LogP contribution in [0, 0.1) is 6.92 Å². The van der Waals surface area contributed by atoms with E-state index in [0.29, 0.717) is 31.3 Å². The van der Waals surface area contributed by atoms with Gasteiger partial charge in [-0.3, -0.25) is 9.59 Å². The fraction of sp³-hybridized carbons (Fsp3) is 0.360. The molecule has 2 rings (SSSR count). The summed E-state index contributed by atoms with van der Waals surface area (Å²) in [6.07, 6.45) is 3.97. The van der Waals surface area contributed by atoms with Crippen molar-refractivity contribution in [2.45, 2.75) is 34.1 Å². The molecule has 0 fully saturated rings.